The first-order valence-corrected chi connectivity index (χ1v) is 6.99. The molecule has 19 heavy (non-hydrogen) atoms. The van der Waals surface area contributed by atoms with Crippen molar-refractivity contribution in [3.8, 4) is 0 Å². The Hall–Kier alpha value is -1.16. The molecule has 0 aromatic heterocycles. The van der Waals surface area contributed by atoms with Crippen molar-refractivity contribution in [1.82, 2.24) is 5.32 Å². The van der Waals surface area contributed by atoms with E-state index in [0.717, 1.165) is 25.8 Å². The van der Waals surface area contributed by atoms with Crippen molar-refractivity contribution >= 4 is 5.69 Å². The SMILES string of the molecule is CCCCCN(C)c1c(F)cc(CNCC)cc1F. The molecule has 0 aliphatic carbocycles. The van der Waals surface area contributed by atoms with Gasteiger partial charge in [0.15, 0.2) is 0 Å². The van der Waals surface area contributed by atoms with E-state index in [-0.39, 0.29) is 5.69 Å². The molecule has 4 heteroatoms. The molecule has 0 atom stereocenters. The first kappa shape index (κ1) is 15.9. The molecule has 0 aliphatic rings. The van der Waals surface area contributed by atoms with Gasteiger partial charge in [-0.3, -0.25) is 0 Å². The Kier molecular flexibility index (Phi) is 6.78. The highest BCUT2D eigenvalue weighted by Gasteiger charge is 2.14. The molecule has 0 fully saturated rings. The van der Waals surface area contributed by atoms with E-state index in [2.05, 4.69) is 12.2 Å². The molecule has 108 valence electrons. The Labute approximate surface area is 114 Å². The van der Waals surface area contributed by atoms with Gasteiger partial charge in [0.2, 0.25) is 0 Å². The summed E-state index contributed by atoms with van der Waals surface area (Å²) in [5.74, 6) is -0.959. The van der Waals surface area contributed by atoms with Gasteiger partial charge in [-0.1, -0.05) is 26.7 Å². The van der Waals surface area contributed by atoms with Crippen LogP contribution in [0.5, 0.6) is 0 Å². The van der Waals surface area contributed by atoms with E-state index in [9.17, 15) is 8.78 Å². The molecule has 1 aromatic rings. The molecule has 0 saturated carbocycles. The summed E-state index contributed by atoms with van der Waals surface area (Å²) in [6, 6.07) is 2.83. The van der Waals surface area contributed by atoms with Crippen molar-refractivity contribution in [3.63, 3.8) is 0 Å². The summed E-state index contributed by atoms with van der Waals surface area (Å²) >= 11 is 0. The zero-order valence-corrected chi connectivity index (χ0v) is 12.1. The van der Waals surface area contributed by atoms with Gasteiger partial charge in [0.05, 0.1) is 0 Å². The highest BCUT2D eigenvalue weighted by atomic mass is 19.1. The van der Waals surface area contributed by atoms with Crippen molar-refractivity contribution in [1.29, 1.82) is 0 Å². The van der Waals surface area contributed by atoms with E-state index in [1.165, 1.54) is 12.1 Å². The molecule has 1 N–H and O–H groups in total. The van der Waals surface area contributed by atoms with Gasteiger partial charge in [-0.15, -0.1) is 0 Å². The van der Waals surface area contributed by atoms with Gasteiger partial charge >= 0.3 is 0 Å². The van der Waals surface area contributed by atoms with E-state index < -0.39 is 11.6 Å². The molecule has 1 aromatic carbocycles. The third-order valence-corrected chi connectivity index (χ3v) is 3.13. The van der Waals surface area contributed by atoms with Crippen LogP contribution in [-0.2, 0) is 6.54 Å². The quantitative estimate of drug-likeness (QED) is 0.725. The Balaban J connectivity index is 2.78. The average Bonchev–Trinajstić information content (AvgIpc) is 2.36. The summed E-state index contributed by atoms with van der Waals surface area (Å²) in [6.07, 6.45) is 3.12. The lowest BCUT2D eigenvalue weighted by Crippen LogP contribution is -2.21. The zero-order valence-electron chi connectivity index (χ0n) is 12.1. The fraction of sp³-hybridized carbons (Fsp3) is 0.600. The highest BCUT2D eigenvalue weighted by Crippen LogP contribution is 2.24. The van der Waals surface area contributed by atoms with E-state index in [1.807, 2.05) is 6.92 Å². The van der Waals surface area contributed by atoms with Crippen LogP contribution in [0.3, 0.4) is 0 Å². The number of nitrogens with zero attached hydrogens (tertiary/aromatic N) is 1. The van der Waals surface area contributed by atoms with Gasteiger partial charge in [0, 0.05) is 20.1 Å². The monoisotopic (exact) mass is 270 g/mol. The third-order valence-electron chi connectivity index (χ3n) is 3.13. The second kappa shape index (κ2) is 8.10. The van der Waals surface area contributed by atoms with Crippen molar-refractivity contribution in [3.05, 3.63) is 29.3 Å². The Bertz CT molecular complexity index is 371. The lowest BCUT2D eigenvalue weighted by atomic mass is 10.1. The molecule has 0 bridgehead atoms. The third kappa shape index (κ3) is 4.78. The van der Waals surface area contributed by atoms with E-state index >= 15 is 0 Å². The summed E-state index contributed by atoms with van der Waals surface area (Å²) < 4.78 is 28.0. The van der Waals surface area contributed by atoms with Crippen LogP contribution in [0.15, 0.2) is 12.1 Å². The molecule has 0 aliphatic heterocycles. The molecule has 0 radical (unpaired) electrons. The van der Waals surface area contributed by atoms with Gasteiger partial charge in [-0.25, -0.2) is 8.78 Å². The Morgan fingerprint density at radius 3 is 2.26 bits per heavy atom. The van der Waals surface area contributed by atoms with Crippen molar-refractivity contribution in [2.24, 2.45) is 0 Å². The topological polar surface area (TPSA) is 15.3 Å². The fourth-order valence-electron chi connectivity index (χ4n) is 2.06. The van der Waals surface area contributed by atoms with Gasteiger partial charge in [0.1, 0.15) is 17.3 Å². The standard InChI is InChI=1S/C15H24F2N2/c1-4-6-7-8-19(3)15-13(16)9-12(10-14(15)17)11-18-5-2/h9-10,18H,4-8,11H2,1-3H3. The van der Waals surface area contributed by atoms with Crippen molar-refractivity contribution in [2.45, 2.75) is 39.7 Å². The maximum atomic E-state index is 14.0. The van der Waals surface area contributed by atoms with Gasteiger partial charge < -0.3 is 10.2 Å². The van der Waals surface area contributed by atoms with Crippen LogP contribution in [0.4, 0.5) is 14.5 Å². The van der Waals surface area contributed by atoms with Crippen LogP contribution in [0.1, 0.15) is 38.7 Å². The molecule has 0 heterocycles. The molecule has 0 spiro atoms. The minimum atomic E-state index is -0.480. The Morgan fingerprint density at radius 2 is 1.74 bits per heavy atom. The normalized spacial score (nSPS) is 10.8. The number of halogens is 2. The predicted molar refractivity (Wildman–Crippen MR) is 76.5 cm³/mol. The lowest BCUT2D eigenvalue weighted by molar-refractivity contribution is 0.566. The predicted octanol–water partition coefficient (Wildman–Crippen LogP) is 3.70. The van der Waals surface area contributed by atoms with E-state index in [1.54, 1.807) is 11.9 Å². The largest absolute Gasteiger partial charge is 0.370 e. The van der Waals surface area contributed by atoms with E-state index in [0.29, 0.717) is 18.7 Å². The summed E-state index contributed by atoms with van der Waals surface area (Å²) in [5, 5.41) is 3.06. The first-order chi connectivity index (χ1) is 9.10. The summed E-state index contributed by atoms with van der Waals surface area (Å²) in [6.45, 7) is 6.01. The van der Waals surface area contributed by atoms with Gasteiger partial charge in [-0.05, 0) is 30.7 Å². The van der Waals surface area contributed by atoms with Crippen molar-refractivity contribution < 1.29 is 8.78 Å². The second-order valence-electron chi connectivity index (χ2n) is 4.82. The molecule has 2 nitrogen and oxygen atoms in total. The van der Waals surface area contributed by atoms with Crippen molar-refractivity contribution in [2.75, 3.05) is 25.0 Å². The molecule has 1 rings (SSSR count). The fourth-order valence-corrected chi connectivity index (χ4v) is 2.06. The van der Waals surface area contributed by atoms with Crippen LogP contribution >= 0.6 is 0 Å². The minimum absolute atomic E-state index is 0.0800. The second-order valence-corrected chi connectivity index (χ2v) is 4.82. The molecule has 0 saturated heterocycles. The zero-order chi connectivity index (χ0) is 14.3. The Morgan fingerprint density at radius 1 is 1.11 bits per heavy atom. The molecule has 0 unspecified atom stereocenters. The summed E-state index contributed by atoms with van der Waals surface area (Å²) in [5.41, 5.74) is 0.721. The van der Waals surface area contributed by atoms with Crippen LogP contribution in [-0.4, -0.2) is 20.1 Å². The molecule has 0 amide bonds. The highest BCUT2D eigenvalue weighted by molar-refractivity contribution is 5.50. The van der Waals surface area contributed by atoms with Crippen LogP contribution in [0.25, 0.3) is 0 Å². The summed E-state index contributed by atoms with van der Waals surface area (Å²) in [7, 11) is 1.74. The number of unbranched alkanes of at least 4 members (excludes halogenated alkanes) is 2. The molecular weight excluding hydrogens is 246 g/mol. The van der Waals surface area contributed by atoms with Gasteiger partial charge in [0.25, 0.3) is 0 Å². The number of benzene rings is 1. The number of hydrogen-bond donors (Lipinski definition) is 1. The average molecular weight is 270 g/mol. The van der Waals surface area contributed by atoms with Crippen LogP contribution in [0, 0.1) is 11.6 Å². The first-order valence-electron chi connectivity index (χ1n) is 6.99. The maximum Gasteiger partial charge on any atom is 0.149 e. The summed E-state index contributed by atoms with van der Waals surface area (Å²) in [4.78, 5) is 1.66. The maximum absolute atomic E-state index is 14.0. The van der Waals surface area contributed by atoms with E-state index in [4.69, 9.17) is 0 Å². The lowest BCUT2D eigenvalue weighted by Gasteiger charge is -2.21. The molecular formula is C15H24F2N2. The number of hydrogen-bond acceptors (Lipinski definition) is 2. The van der Waals surface area contributed by atoms with Crippen LogP contribution < -0.4 is 10.2 Å². The van der Waals surface area contributed by atoms with Crippen LogP contribution in [0.2, 0.25) is 0 Å². The smallest absolute Gasteiger partial charge is 0.149 e. The number of anilines is 1. The van der Waals surface area contributed by atoms with Gasteiger partial charge in [-0.2, -0.15) is 0 Å². The number of nitrogens with one attached hydrogen (secondary N) is 1. The minimum Gasteiger partial charge on any atom is -0.370 e. The number of rotatable bonds is 8.